The zero-order valence-electron chi connectivity index (χ0n) is 16.6. The van der Waals surface area contributed by atoms with Crippen LogP contribution in [-0.2, 0) is 6.54 Å². The lowest BCUT2D eigenvalue weighted by Gasteiger charge is -2.27. The lowest BCUT2D eigenvalue weighted by Crippen LogP contribution is -2.42. The van der Waals surface area contributed by atoms with Gasteiger partial charge in [-0.05, 0) is 55.1 Å². The van der Waals surface area contributed by atoms with Crippen molar-refractivity contribution in [3.05, 3.63) is 52.2 Å². The molecule has 0 radical (unpaired) electrons. The molecule has 1 aliphatic rings. The minimum atomic E-state index is 0.422. The maximum atomic E-state index is 4.40. The van der Waals surface area contributed by atoms with Gasteiger partial charge >= 0.3 is 0 Å². The van der Waals surface area contributed by atoms with Crippen molar-refractivity contribution in [3.63, 3.8) is 0 Å². The standard InChI is InChI=1S/C21H31N5S/c1-22-21(23-15-17-8-10-18(11-9-17)25(2)3)24-16-19(20-7-6-14-27-20)26-12-4-5-13-26/h6-11,14,19H,4-5,12-13,15-16H2,1-3H3,(H2,22,23,24). The number of hydrogen-bond acceptors (Lipinski definition) is 4. The summed E-state index contributed by atoms with van der Waals surface area (Å²) >= 11 is 1.85. The molecular weight excluding hydrogens is 354 g/mol. The minimum absolute atomic E-state index is 0.422. The molecule has 1 fully saturated rings. The van der Waals surface area contributed by atoms with Crippen LogP contribution in [0.5, 0.6) is 0 Å². The van der Waals surface area contributed by atoms with Gasteiger partial charge in [0.1, 0.15) is 0 Å². The molecule has 0 spiro atoms. The molecular formula is C21H31N5S. The Hall–Kier alpha value is -2.05. The molecule has 1 aromatic heterocycles. The molecule has 1 aromatic carbocycles. The molecule has 6 heteroatoms. The van der Waals surface area contributed by atoms with Crippen molar-refractivity contribution >= 4 is 23.0 Å². The van der Waals surface area contributed by atoms with E-state index in [2.05, 4.69) is 81.3 Å². The fraction of sp³-hybridized carbons (Fsp3) is 0.476. The Morgan fingerprint density at radius 2 is 1.89 bits per heavy atom. The summed E-state index contributed by atoms with van der Waals surface area (Å²) in [6.45, 7) is 4.02. The smallest absolute Gasteiger partial charge is 0.191 e. The van der Waals surface area contributed by atoms with Crippen molar-refractivity contribution in [1.82, 2.24) is 15.5 Å². The summed E-state index contributed by atoms with van der Waals surface area (Å²) in [5, 5.41) is 9.14. The highest BCUT2D eigenvalue weighted by Gasteiger charge is 2.24. The first-order chi connectivity index (χ1) is 13.2. The van der Waals surface area contributed by atoms with E-state index in [0.717, 1.165) is 19.0 Å². The fourth-order valence-electron chi connectivity index (χ4n) is 3.46. The van der Waals surface area contributed by atoms with Crippen molar-refractivity contribution < 1.29 is 0 Å². The Bertz CT molecular complexity index is 703. The molecule has 146 valence electrons. The number of thiophene rings is 1. The molecule has 2 N–H and O–H groups in total. The van der Waals surface area contributed by atoms with E-state index in [1.807, 2.05) is 18.4 Å². The quantitative estimate of drug-likeness (QED) is 0.567. The Morgan fingerprint density at radius 1 is 1.15 bits per heavy atom. The highest BCUT2D eigenvalue weighted by Crippen LogP contribution is 2.27. The summed E-state index contributed by atoms with van der Waals surface area (Å²) < 4.78 is 0. The van der Waals surface area contributed by atoms with Gasteiger partial charge in [-0.15, -0.1) is 11.3 Å². The largest absolute Gasteiger partial charge is 0.378 e. The third kappa shape index (κ3) is 5.47. The van der Waals surface area contributed by atoms with E-state index in [9.17, 15) is 0 Å². The van der Waals surface area contributed by atoms with Gasteiger partial charge in [-0.3, -0.25) is 9.89 Å². The minimum Gasteiger partial charge on any atom is -0.378 e. The van der Waals surface area contributed by atoms with Crippen LogP contribution in [0.25, 0.3) is 0 Å². The van der Waals surface area contributed by atoms with Crippen molar-refractivity contribution in [1.29, 1.82) is 0 Å². The highest BCUT2D eigenvalue weighted by atomic mass is 32.1. The van der Waals surface area contributed by atoms with Crippen LogP contribution < -0.4 is 15.5 Å². The highest BCUT2D eigenvalue weighted by molar-refractivity contribution is 7.10. The Kier molecular flexibility index (Phi) is 7.12. The van der Waals surface area contributed by atoms with Crippen LogP contribution in [0.2, 0.25) is 0 Å². The summed E-state index contributed by atoms with van der Waals surface area (Å²) in [5.41, 5.74) is 2.46. The molecule has 1 aliphatic heterocycles. The lowest BCUT2D eigenvalue weighted by molar-refractivity contribution is 0.249. The van der Waals surface area contributed by atoms with Crippen LogP contribution in [0.4, 0.5) is 5.69 Å². The van der Waals surface area contributed by atoms with Crippen LogP contribution in [0.3, 0.4) is 0 Å². The average Bonchev–Trinajstić information content (AvgIpc) is 3.39. The summed E-state index contributed by atoms with van der Waals surface area (Å²) in [5.74, 6) is 0.854. The first kappa shape index (κ1) is 19.7. The SMILES string of the molecule is CN=C(NCc1ccc(N(C)C)cc1)NCC(c1cccs1)N1CCCC1. The first-order valence-electron chi connectivity index (χ1n) is 9.65. The molecule has 0 amide bonds. The van der Waals surface area contributed by atoms with E-state index >= 15 is 0 Å². The number of guanidine groups is 1. The molecule has 1 saturated heterocycles. The van der Waals surface area contributed by atoms with Gasteiger partial charge in [-0.25, -0.2) is 0 Å². The lowest BCUT2D eigenvalue weighted by atomic mass is 10.2. The second-order valence-electron chi connectivity index (χ2n) is 7.14. The van der Waals surface area contributed by atoms with E-state index in [1.165, 1.54) is 42.1 Å². The summed E-state index contributed by atoms with van der Waals surface area (Å²) in [6.07, 6.45) is 2.61. The van der Waals surface area contributed by atoms with Gasteiger partial charge in [0.25, 0.3) is 0 Å². The number of likely N-dealkylation sites (tertiary alicyclic amines) is 1. The Morgan fingerprint density at radius 3 is 2.48 bits per heavy atom. The Balaban J connectivity index is 1.54. The van der Waals surface area contributed by atoms with Gasteiger partial charge in [0.15, 0.2) is 5.96 Å². The predicted octanol–water partition coefficient (Wildman–Crippen LogP) is 3.32. The zero-order valence-corrected chi connectivity index (χ0v) is 17.4. The number of rotatable bonds is 7. The van der Waals surface area contributed by atoms with Gasteiger partial charge < -0.3 is 15.5 Å². The molecule has 2 aromatic rings. The predicted molar refractivity (Wildman–Crippen MR) is 117 cm³/mol. The van der Waals surface area contributed by atoms with Crippen LogP contribution in [-0.4, -0.2) is 51.6 Å². The fourth-order valence-corrected chi connectivity index (χ4v) is 4.32. The second kappa shape index (κ2) is 9.76. The number of hydrogen-bond donors (Lipinski definition) is 2. The molecule has 0 aliphatic carbocycles. The molecule has 27 heavy (non-hydrogen) atoms. The van der Waals surface area contributed by atoms with Gasteiger partial charge in [0.05, 0.1) is 6.04 Å². The molecule has 1 unspecified atom stereocenters. The molecule has 0 bridgehead atoms. The third-order valence-corrected chi connectivity index (χ3v) is 6.03. The zero-order chi connectivity index (χ0) is 19.1. The van der Waals surface area contributed by atoms with E-state index in [4.69, 9.17) is 0 Å². The Labute approximate surface area is 167 Å². The maximum Gasteiger partial charge on any atom is 0.191 e. The van der Waals surface area contributed by atoms with Crippen LogP contribution >= 0.6 is 11.3 Å². The summed E-state index contributed by atoms with van der Waals surface area (Å²) in [6, 6.07) is 13.4. The number of anilines is 1. The molecule has 2 heterocycles. The maximum absolute atomic E-state index is 4.40. The van der Waals surface area contributed by atoms with Crippen molar-refractivity contribution in [2.45, 2.75) is 25.4 Å². The van der Waals surface area contributed by atoms with E-state index in [0.29, 0.717) is 6.04 Å². The van der Waals surface area contributed by atoms with Crippen LogP contribution in [0.1, 0.15) is 29.3 Å². The second-order valence-corrected chi connectivity index (χ2v) is 8.12. The van der Waals surface area contributed by atoms with E-state index in [1.54, 1.807) is 0 Å². The summed E-state index contributed by atoms with van der Waals surface area (Å²) in [4.78, 5) is 10.5. The van der Waals surface area contributed by atoms with Crippen LogP contribution in [0, 0.1) is 0 Å². The van der Waals surface area contributed by atoms with Crippen molar-refractivity contribution in [3.8, 4) is 0 Å². The van der Waals surface area contributed by atoms with Gasteiger partial charge in [0, 0.05) is 44.8 Å². The average molecular weight is 386 g/mol. The van der Waals surface area contributed by atoms with Gasteiger partial charge in [0.2, 0.25) is 0 Å². The molecule has 0 saturated carbocycles. The number of aliphatic imine (C=N–C) groups is 1. The van der Waals surface area contributed by atoms with Crippen molar-refractivity contribution in [2.75, 3.05) is 45.7 Å². The molecule has 1 atom stereocenters. The number of nitrogens with one attached hydrogen (secondary N) is 2. The van der Waals surface area contributed by atoms with E-state index < -0.39 is 0 Å². The topological polar surface area (TPSA) is 42.9 Å². The number of benzene rings is 1. The monoisotopic (exact) mass is 385 g/mol. The summed E-state index contributed by atoms with van der Waals surface area (Å²) in [7, 11) is 5.95. The molecule has 5 nitrogen and oxygen atoms in total. The number of nitrogens with zero attached hydrogens (tertiary/aromatic N) is 3. The van der Waals surface area contributed by atoms with Gasteiger partial charge in [-0.1, -0.05) is 18.2 Å². The van der Waals surface area contributed by atoms with Crippen LogP contribution in [0.15, 0.2) is 46.8 Å². The first-order valence-corrected chi connectivity index (χ1v) is 10.5. The third-order valence-electron chi connectivity index (χ3n) is 5.05. The molecule has 3 rings (SSSR count). The van der Waals surface area contributed by atoms with Crippen molar-refractivity contribution in [2.24, 2.45) is 4.99 Å². The van der Waals surface area contributed by atoms with E-state index in [-0.39, 0.29) is 0 Å². The normalized spacial score (nSPS) is 16.3. The van der Waals surface area contributed by atoms with Gasteiger partial charge in [-0.2, -0.15) is 0 Å².